The standard InChI is InChI=1S/C15H22N4/c1-3-10-16-12-14-15(13-8-6-5-7-9-13)18-19(17-14)11-4-2/h5-9,16H,3-4,10-12H2,1-2H3. The molecule has 1 aromatic carbocycles. The molecule has 0 saturated heterocycles. The van der Waals surface area contributed by atoms with Crippen molar-refractivity contribution in [2.45, 2.75) is 39.8 Å². The number of hydrogen-bond donors (Lipinski definition) is 1. The van der Waals surface area contributed by atoms with E-state index in [0.717, 1.165) is 49.4 Å². The van der Waals surface area contributed by atoms with E-state index in [1.165, 1.54) is 0 Å². The Hall–Kier alpha value is -1.68. The first-order valence-electron chi connectivity index (χ1n) is 7.05. The molecule has 0 spiro atoms. The summed E-state index contributed by atoms with van der Waals surface area (Å²) in [6, 6.07) is 10.3. The SMILES string of the molecule is CCCNCc1nn(CCC)nc1-c1ccccc1. The number of nitrogens with one attached hydrogen (secondary N) is 1. The van der Waals surface area contributed by atoms with Gasteiger partial charge >= 0.3 is 0 Å². The van der Waals surface area contributed by atoms with Gasteiger partial charge in [-0.2, -0.15) is 15.0 Å². The second kappa shape index (κ2) is 7.04. The Labute approximate surface area is 114 Å². The van der Waals surface area contributed by atoms with E-state index in [4.69, 9.17) is 0 Å². The van der Waals surface area contributed by atoms with Gasteiger partial charge in [0.05, 0.1) is 6.54 Å². The van der Waals surface area contributed by atoms with Crippen molar-refractivity contribution in [3.63, 3.8) is 0 Å². The molecule has 1 aromatic heterocycles. The summed E-state index contributed by atoms with van der Waals surface area (Å²) in [4.78, 5) is 1.81. The van der Waals surface area contributed by atoms with E-state index in [2.05, 4.69) is 41.5 Å². The fourth-order valence-electron chi connectivity index (χ4n) is 2.01. The van der Waals surface area contributed by atoms with Crippen molar-refractivity contribution in [2.75, 3.05) is 6.54 Å². The van der Waals surface area contributed by atoms with Crippen LogP contribution in [-0.4, -0.2) is 21.5 Å². The molecule has 0 fully saturated rings. The maximum atomic E-state index is 4.61. The molecule has 0 saturated carbocycles. The van der Waals surface area contributed by atoms with Gasteiger partial charge in [-0.15, -0.1) is 0 Å². The van der Waals surface area contributed by atoms with E-state index >= 15 is 0 Å². The van der Waals surface area contributed by atoms with Crippen molar-refractivity contribution in [1.82, 2.24) is 20.3 Å². The van der Waals surface area contributed by atoms with Gasteiger partial charge in [0.1, 0.15) is 11.4 Å². The quantitative estimate of drug-likeness (QED) is 0.777. The lowest BCUT2D eigenvalue weighted by Crippen LogP contribution is -2.15. The third-order valence-electron chi connectivity index (χ3n) is 2.91. The molecule has 2 aromatic rings. The fourth-order valence-corrected chi connectivity index (χ4v) is 2.01. The molecule has 19 heavy (non-hydrogen) atoms. The maximum Gasteiger partial charge on any atom is 0.117 e. The predicted octanol–water partition coefficient (Wildman–Crippen LogP) is 2.85. The monoisotopic (exact) mass is 258 g/mol. The summed E-state index contributed by atoms with van der Waals surface area (Å²) in [6.07, 6.45) is 2.18. The van der Waals surface area contributed by atoms with Crippen LogP contribution in [-0.2, 0) is 13.1 Å². The van der Waals surface area contributed by atoms with Crippen LogP contribution in [0.3, 0.4) is 0 Å². The highest BCUT2D eigenvalue weighted by atomic mass is 15.5. The molecule has 0 atom stereocenters. The lowest BCUT2D eigenvalue weighted by Gasteiger charge is -2.02. The van der Waals surface area contributed by atoms with Crippen LogP contribution in [0.25, 0.3) is 11.3 Å². The lowest BCUT2D eigenvalue weighted by atomic mass is 10.1. The molecule has 0 bridgehead atoms. The smallest absolute Gasteiger partial charge is 0.117 e. The number of aromatic nitrogens is 3. The Kier molecular flexibility index (Phi) is 5.10. The molecule has 2 rings (SSSR count). The average Bonchev–Trinajstić information content (AvgIpc) is 2.84. The third-order valence-corrected chi connectivity index (χ3v) is 2.91. The van der Waals surface area contributed by atoms with Crippen molar-refractivity contribution in [3.8, 4) is 11.3 Å². The Balaban J connectivity index is 2.23. The number of rotatable bonds is 7. The van der Waals surface area contributed by atoms with E-state index in [1.807, 2.05) is 23.0 Å². The Bertz CT molecular complexity index is 490. The number of hydrogen-bond acceptors (Lipinski definition) is 3. The normalized spacial score (nSPS) is 10.8. The molecule has 102 valence electrons. The first-order chi connectivity index (χ1) is 9.35. The first-order valence-corrected chi connectivity index (χ1v) is 7.05. The molecule has 0 aliphatic carbocycles. The highest BCUT2D eigenvalue weighted by Gasteiger charge is 2.12. The van der Waals surface area contributed by atoms with Gasteiger partial charge in [-0.3, -0.25) is 0 Å². The van der Waals surface area contributed by atoms with Crippen LogP contribution >= 0.6 is 0 Å². The number of benzene rings is 1. The van der Waals surface area contributed by atoms with Gasteiger partial charge in [-0.1, -0.05) is 44.2 Å². The van der Waals surface area contributed by atoms with E-state index in [0.29, 0.717) is 0 Å². The van der Waals surface area contributed by atoms with Crippen molar-refractivity contribution < 1.29 is 0 Å². The summed E-state index contributed by atoms with van der Waals surface area (Å²) in [7, 11) is 0. The summed E-state index contributed by atoms with van der Waals surface area (Å²) >= 11 is 0. The summed E-state index contributed by atoms with van der Waals surface area (Å²) in [6.45, 7) is 6.96. The minimum atomic E-state index is 0.780. The summed E-state index contributed by atoms with van der Waals surface area (Å²) in [5, 5.41) is 12.6. The Morgan fingerprint density at radius 3 is 2.53 bits per heavy atom. The van der Waals surface area contributed by atoms with Gasteiger partial charge in [0.2, 0.25) is 0 Å². The topological polar surface area (TPSA) is 42.7 Å². The van der Waals surface area contributed by atoms with Crippen molar-refractivity contribution >= 4 is 0 Å². The summed E-state index contributed by atoms with van der Waals surface area (Å²) in [5.74, 6) is 0. The molecular weight excluding hydrogens is 236 g/mol. The van der Waals surface area contributed by atoms with Gasteiger partial charge in [0.15, 0.2) is 0 Å². The molecule has 0 aliphatic heterocycles. The molecule has 0 amide bonds. The Morgan fingerprint density at radius 2 is 1.84 bits per heavy atom. The van der Waals surface area contributed by atoms with E-state index < -0.39 is 0 Å². The van der Waals surface area contributed by atoms with E-state index in [9.17, 15) is 0 Å². The van der Waals surface area contributed by atoms with Crippen LogP contribution in [0.5, 0.6) is 0 Å². The zero-order valence-corrected chi connectivity index (χ0v) is 11.8. The number of nitrogens with zero attached hydrogens (tertiary/aromatic N) is 3. The largest absolute Gasteiger partial charge is 0.311 e. The minimum Gasteiger partial charge on any atom is -0.311 e. The molecule has 4 heteroatoms. The van der Waals surface area contributed by atoms with E-state index in [-0.39, 0.29) is 0 Å². The Morgan fingerprint density at radius 1 is 1.05 bits per heavy atom. The molecule has 0 aliphatic rings. The van der Waals surface area contributed by atoms with Crippen LogP contribution in [0.2, 0.25) is 0 Å². The maximum absolute atomic E-state index is 4.61. The predicted molar refractivity (Wildman–Crippen MR) is 77.7 cm³/mol. The van der Waals surface area contributed by atoms with Crippen LogP contribution in [0, 0.1) is 0 Å². The number of aryl methyl sites for hydroxylation is 1. The second-order valence-corrected chi connectivity index (χ2v) is 4.63. The van der Waals surface area contributed by atoms with Crippen molar-refractivity contribution in [3.05, 3.63) is 36.0 Å². The first kappa shape index (κ1) is 13.7. The van der Waals surface area contributed by atoms with Gasteiger partial charge < -0.3 is 5.32 Å². The van der Waals surface area contributed by atoms with E-state index in [1.54, 1.807) is 0 Å². The lowest BCUT2D eigenvalue weighted by molar-refractivity contribution is 0.521. The zero-order valence-electron chi connectivity index (χ0n) is 11.8. The third kappa shape index (κ3) is 3.64. The fraction of sp³-hybridized carbons (Fsp3) is 0.467. The average molecular weight is 258 g/mol. The van der Waals surface area contributed by atoms with Crippen LogP contribution < -0.4 is 5.32 Å². The highest BCUT2D eigenvalue weighted by molar-refractivity contribution is 5.60. The highest BCUT2D eigenvalue weighted by Crippen LogP contribution is 2.19. The van der Waals surface area contributed by atoms with Crippen LogP contribution in [0.1, 0.15) is 32.4 Å². The zero-order chi connectivity index (χ0) is 13.5. The second-order valence-electron chi connectivity index (χ2n) is 4.63. The van der Waals surface area contributed by atoms with Gasteiger partial charge in [0, 0.05) is 12.1 Å². The molecule has 4 nitrogen and oxygen atoms in total. The molecule has 1 heterocycles. The van der Waals surface area contributed by atoms with Gasteiger partial charge in [-0.25, -0.2) is 0 Å². The van der Waals surface area contributed by atoms with Crippen molar-refractivity contribution in [1.29, 1.82) is 0 Å². The summed E-state index contributed by atoms with van der Waals surface area (Å²) < 4.78 is 0. The molecule has 0 radical (unpaired) electrons. The van der Waals surface area contributed by atoms with Gasteiger partial charge in [0.25, 0.3) is 0 Å². The summed E-state index contributed by atoms with van der Waals surface area (Å²) in [5.41, 5.74) is 3.17. The minimum absolute atomic E-state index is 0.780. The molecule has 0 unspecified atom stereocenters. The van der Waals surface area contributed by atoms with Crippen LogP contribution in [0.15, 0.2) is 30.3 Å². The van der Waals surface area contributed by atoms with Crippen molar-refractivity contribution in [2.24, 2.45) is 0 Å². The van der Waals surface area contributed by atoms with Gasteiger partial charge in [-0.05, 0) is 19.4 Å². The van der Waals surface area contributed by atoms with Crippen LogP contribution in [0.4, 0.5) is 0 Å². The molecule has 1 N–H and O–H groups in total. The molecular formula is C15H22N4.